The number of nitrogens with zero attached hydrogens (tertiary/aromatic N) is 2. The average Bonchev–Trinajstić information content (AvgIpc) is 2.92. The molecule has 6 heteroatoms. The number of pyridine rings is 1. The van der Waals surface area contributed by atoms with Gasteiger partial charge in [0.1, 0.15) is 24.7 Å². The lowest BCUT2D eigenvalue weighted by Gasteiger charge is -2.18. The van der Waals surface area contributed by atoms with Crippen LogP contribution in [0, 0.1) is 5.82 Å². The van der Waals surface area contributed by atoms with Crippen LogP contribution in [0.3, 0.4) is 0 Å². The summed E-state index contributed by atoms with van der Waals surface area (Å²) in [6.07, 6.45) is 1.39. The van der Waals surface area contributed by atoms with Gasteiger partial charge in [0, 0.05) is 18.3 Å². The first-order valence-electron chi connectivity index (χ1n) is 7.03. The highest BCUT2D eigenvalue weighted by atomic mass is 19.1. The monoisotopic (exact) mass is 299 g/mol. The highest BCUT2D eigenvalue weighted by molar-refractivity contribution is 5.69. The van der Waals surface area contributed by atoms with Crippen LogP contribution < -0.4 is 15.2 Å². The first-order valence-corrected chi connectivity index (χ1v) is 7.03. The lowest BCUT2D eigenvalue weighted by molar-refractivity contribution is 0.171. The Hall–Kier alpha value is -2.60. The molecule has 3 aromatic rings. The molecule has 2 aromatic heterocycles. The predicted molar refractivity (Wildman–Crippen MR) is 79.5 cm³/mol. The summed E-state index contributed by atoms with van der Waals surface area (Å²) < 4.78 is 26.3. The Morgan fingerprint density at radius 1 is 1.14 bits per heavy atom. The predicted octanol–water partition coefficient (Wildman–Crippen LogP) is 2.37. The van der Waals surface area contributed by atoms with Gasteiger partial charge < -0.3 is 15.2 Å². The number of aromatic nitrogens is 2. The Morgan fingerprint density at radius 3 is 2.77 bits per heavy atom. The van der Waals surface area contributed by atoms with Crippen LogP contribution in [0.1, 0.15) is 5.69 Å². The second kappa shape index (κ2) is 4.99. The van der Waals surface area contributed by atoms with E-state index in [0.29, 0.717) is 24.6 Å². The van der Waals surface area contributed by atoms with Gasteiger partial charge in [-0.25, -0.2) is 9.37 Å². The van der Waals surface area contributed by atoms with Crippen molar-refractivity contribution in [3.8, 4) is 22.8 Å². The number of hydrogen-bond donors (Lipinski definition) is 1. The topological polar surface area (TPSA) is 61.8 Å². The Bertz CT molecular complexity index is 860. The van der Waals surface area contributed by atoms with Gasteiger partial charge >= 0.3 is 0 Å². The molecular weight excluding hydrogens is 285 g/mol. The van der Waals surface area contributed by atoms with Crippen molar-refractivity contribution in [2.75, 3.05) is 13.2 Å². The molecule has 0 bridgehead atoms. The van der Waals surface area contributed by atoms with E-state index in [1.165, 1.54) is 12.3 Å². The van der Waals surface area contributed by atoms with Crippen molar-refractivity contribution in [3.63, 3.8) is 0 Å². The Balaban J connectivity index is 1.90. The zero-order chi connectivity index (χ0) is 15.1. The number of benzene rings is 1. The molecular formula is C16H14FN3O2. The maximum Gasteiger partial charge on any atom is 0.162 e. The minimum atomic E-state index is -0.326. The summed E-state index contributed by atoms with van der Waals surface area (Å²) >= 11 is 0. The first-order chi connectivity index (χ1) is 10.8. The number of halogens is 1. The third-order valence-corrected chi connectivity index (χ3v) is 3.69. The van der Waals surface area contributed by atoms with Crippen LogP contribution in [0.15, 0.2) is 36.5 Å². The fourth-order valence-corrected chi connectivity index (χ4v) is 2.68. The van der Waals surface area contributed by atoms with E-state index in [2.05, 4.69) is 4.98 Å². The molecule has 2 N–H and O–H groups in total. The Labute approximate surface area is 126 Å². The smallest absolute Gasteiger partial charge is 0.162 e. The fraction of sp³-hybridized carbons (Fsp3) is 0.188. The molecule has 0 saturated heterocycles. The van der Waals surface area contributed by atoms with Crippen molar-refractivity contribution in [2.24, 2.45) is 5.73 Å². The highest BCUT2D eigenvalue weighted by Gasteiger charge is 2.17. The Morgan fingerprint density at radius 2 is 1.95 bits per heavy atom. The van der Waals surface area contributed by atoms with Crippen molar-refractivity contribution in [1.29, 1.82) is 0 Å². The number of nitrogens with two attached hydrogens (primary N) is 1. The average molecular weight is 299 g/mol. The van der Waals surface area contributed by atoms with Gasteiger partial charge in [-0.3, -0.25) is 4.40 Å². The molecule has 0 saturated carbocycles. The van der Waals surface area contributed by atoms with Crippen LogP contribution in [0.25, 0.3) is 16.9 Å². The molecule has 22 heavy (non-hydrogen) atoms. The van der Waals surface area contributed by atoms with Gasteiger partial charge in [0.25, 0.3) is 0 Å². The molecule has 112 valence electrons. The maximum absolute atomic E-state index is 13.5. The normalized spacial score (nSPS) is 13.5. The van der Waals surface area contributed by atoms with E-state index in [4.69, 9.17) is 15.2 Å². The van der Waals surface area contributed by atoms with Crippen LogP contribution in [0.4, 0.5) is 4.39 Å². The molecule has 0 amide bonds. The zero-order valence-electron chi connectivity index (χ0n) is 11.8. The van der Waals surface area contributed by atoms with Crippen LogP contribution >= 0.6 is 0 Å². The van der Waals surface area contributed by atoms with Gasteiger partial charge in [-0.1, -0.05) is 0 Å². The molecule has 0 spiro atoms. The summed E-state index contributed by atoms with van der Waals surface area (Å²) in [6, 6.07) is 8.66. The maximum atomic E-state index is 13.5. The summed E-state index contributed by atoms with van der Waals surface area (Å²) in [5, 5.41) is 0. The van der Waals surface area contributed by atoms with Gasteiger partial charge in [0.15, 0.2) is 11.5 Å². The lowest BCUT2D eigenvalue weighted by Crippen LogP contribution is -2.15. The second-order valence-corrected chi connectivity index (χ2v) is 5.05. The highest BCUT2D eigenvalue weighted by Crippen LogP contribution is 2.35. The molecule has 5 nitrogen and oxygen atoms in total. The SMILES string of the molecule is NCc1c(-c2ccc3c(c2)OCCO3)nc2ccc(F)cn12. The molecule has 1 aromatic carbocycles. The molecule has 0 aliphatic carbocycles. The van der Waals surface area contributed by atoms with Gasteiger partial charge in [0.05, 0.1) is 11.4 Å². The summed E-state index contributed by atoms with van der Waals surface area (Å²) in [7, 11) is 0. The molecule has 0 atom stereocenters. The number of rotatable bonds is 2. The van der Waals surface area contributed by atoms with E-state index < -0.39 is 0 Å². The van der Waals surface area contributed by atoms with Crippen LogP contribution in [-0.2, 0) is 6.54 Å². The van der Waals surface area contributed by atoms with Crippen molar-refractivity contribution in [1.82, 2.24) is 9.38 Å². The Kier molecular flexibility index (Phi) is 2.97. The molecule has 0 radical (unpaired) electrons. The van der Waals surface area contributed by atoms with E-state index in [-0.39, 0.29) is 12.4 Å². The van der Waals surface area contributed by atoms with E-state index in [0.717, 1.165) is 22.7 Å². The lowest BCUT2D eigenvalue weighted by atomic mass is 10.1. The van der Waals surface area contributed by atoms with E-state index in [1.807, 2.05) is 18.2 Å². The third kappa shape index (κ3) is 2.00. The number of fused-ring (bicyclic) bond motifs is 2. The molecule has 3 heterocycles. The molecule has 1 aliphatic heterocycles. The summed E-state index contributed by atoms with van der Waals surface area (Å²) in [5.41, 5.74) is 8.86. The molecule has 1 aliphatic rings. The van der Waals surface area contributed by atoms with E-state index >= 15 is 0 Å². The minimum Gasteiger partial charge on any atom is -0.486 e. The number of ether oxygens (including phenoxy) is 2. The summed E-state index contributed by atoms with van der Waals surface area (Å²) in [4.78, 5) is 4.56. The van der Waals surface area contributed by atoms with Gasteiger partial charge in [-0.2, -0.15) is 0 Å². The first kappa shape index (κ1) is 13.1. The summed E-state index contributed by atoms with van der Waals surface area (Å²) in [5.74, 6) is 1.09. The van der Waals surface area contributed by atoms with E-state index in [1.54, 1.807) is 10.5 Å². The van der Waals surface area contributed by atoms with Crippen LogP contribution in [0.2, 0.25) is 0 Å². The minimum absolute atomic E-state index is 0.258. The molecule has 0 fully saturated rings. The summed E-state index contributed by atoms with van der Waals surface area (Å²) in [6.45, 7) is 1.33. The van der Waals surface area contributed by atoms with Gasteiger partial charge in [0.2, 0.25) is 0 Å². The quantitative estimate of drug-likeness (QED) is 0.789. The van der Waals surface area contributed by atoms with Crippen LogP contribution in [0.5, 0.6) is 11.5 Å². The zero-order valence-corrected chi connectivity index (χ0v) is 11.8. The fourth-order valence-electron chi connectivity index (χ4n) is 2.68. The third-order valence-electron chi connectivity index (χ3n) is 3.69. The van der Waals surface area contributed by atoms with Crippen molar-refractivity contribution < 1.29 is 13.9 Å². The number of imidazole rings is 1. The largest absolute Gasteiger partial charge is 0.486 e. The molecule has 4 rings (SSSR count). The standard InChI is InChI=1S/C16H14FN3O2/c17-11-2-4-15-19-16(12(8-18)20(15)9-11)10-1-3-13-14(7-10)22-6-5-21-13/h1-4,7,9H,5-6,8,18H2. The van der Waals surface area contributed by atoms with Crippen molar-refractivity contribution in [3.05, 3.63) is 48.0 Å². The van der Waals surface area contributed by atoms with Crippen molar-refractivity contribution in [2.45, 2.75) is 6.54 Å². The molecule has 0 unspecified atom stereocenters. The van der Waals surface area contributed by atoms with Crippen molar-refractivity contribution >= 4 is 5.65 Å². The second-order valence-electron chi connectivity index (χ2n) is 5.05. The number of hydrogen-bond acceptors (Lipinski definition) is 4. The van der Waals surface area contributed by atoms with Gasteiger partial charge in [-0.15, -0.1) is 0 Å². The van der Waals surface area contributed by atoms with Gasteiger partial charge in [-0.05, 0) is 30.3 Å². The van der Waals surface area contributed by atoms with Crippen LogP contribution in [-0.4, -0.2) is 22.6 Å². The van der Waals surface area contributed by atoms with E-state index in [9.17, 15) is 4.39 Å².